The van der Waals surface area contributed by atoms with Crippen molar-refractivity contribution in [2.24, 2.45) is 28.6 Å². The molecule has 2 fully saturated rings. The van der Waals surface area contributed by atoms with Crippen LogP contribution in [0.1, 0.15) is 64.0 Å². The summed E-state index contributed by atoms with van der Waals surface area (Å²) in [6.07, 6.45) is 5.24. The van der Waals surface area contributed by atoms with Gasteiger partial charge in [0.15, 0.2) is 18.0 Å². The fraction of sp³-hybridized carbons (Fsp3) is 0.576. The van der Waals surface area contributed by atoms with E-state index in [1.54, 1.807) is 37.3 Å². The standard InChI is InChI=1S/C33H39NO11/c1-4-42-30(39)45-33(27(37)19-43-28(38)15-20-7-5-6-8-21(20)18-44-34(40)41)14-12-25-24-10-9-22-16-23(35)11-13-31(22,2)29(24)26(36)17-32(25,33)3/h5-9,11,13,24-26,29,36H,4,10,12,14-19H2,1-3H3/t24-,25-,26-,29+,31-,32-,33-/m0/s1. The minimum absolute atomic E-state index is 0.0299. The van der Waals surface area contributed by atoms with E-state index in [1.807, 2.05) is 19.9 Å². The summed E-state index contributed by atoms with van der Waals surface area (Å²) in [5, 5.41) is 21.5. The van der Waals surface area contributed by atoms with Gasteiger partial charge < -0.3 is 24.2 Å². The fourth-order valence-electron chi connectivity index (χ4n) is 8.66. The van der Waals surface area contributed by atoms with Gasteiger partial charge in [0.1, 0.15) is 6.61 Å². The van der Waals surface area contributed by atoms with Crippen molar-refractivity contribution in [1.29, 1.82) is 0 Å². The number of aliphatic hydroxyl groups is 1. The van der Waals surface area contributed by atoms with Crippen molar-refractivity contribution < 1.29 is 48.4 Å². The van der Waals surface area contributed by atoms with Gasteiger partial charge in [0.2, 0.25) is 5.78 Å². The maximum atomic E-state index is 14.1. The van der Waals surface area contributed by atoms with Crippen molar-refractivity contribution in [2.45, 2.75) is 77.6 Å². The fourth-order valence-corrected chi connectivity index (χ4v) is 8.66. The second kappa shape index (κ2) is 12.4. The third kappa shape index (κ3) is 5.76. The number of ketones is 2. The molecule has 7 atom stereocenters. The first-order valence-electron chi connectivity index (χ1n) is 15.3. The number of carbonyl (C=O) groups excluding carboxylic acids is 4. The first-order valence-corrected chi connectivity index (χ1v) is 15.3. The monoisotopic (exact) mass is 625 g/mol. The van der Waals surface area contributed by atoms with Crippen molar-refractivity contribution >= 4 is 23.7 Å². The molecule has 12 heteroatoms. The number of benzene rings is 1. The number of aliphatic hydroxyl groups excluding tert-OH is 1. The summed E-state index contributed by atoms with van der Waals surface area (Å²) in [5.74, 6) is -1.68. The molecular formula is C33H39NO11. The van der Waals surface area contributed by atoms with Crippen LogP contribution in [0.15, 0.2) is 48.1 Å². The molecule has 1 aromatic carbocycles. The third-order valence-electron chi connectivity index (χ3n) is 10.7. The van der Waals surface area contributed by atoms with Gasteiger partial charge in [-0.25, -0.2) is 4.79 Å². The third-order valence-corrected chi connectivity index (χ3v) is 10.7. The Bertz CT molecular complexity index is 1450. The molecule has 4 aliphatic rings. The molecule has 0 saturated heterocycles. The van der Waals surface area contributed by atoms with E-state index in [2.05, 4.69) is 10.9 Å². The van der Waals surface area contributed by atoms with Crippen LogP contribution in [0.4, 0.5) is 4.79 Å². The molecule has 242 valence electrons. The van der Waals surface area contributed by atoms with Crippen LogP contribution in [0, 0.1) is 38.7 Å². The van der Waals surface area contributed by atoms with E-state index in [0.29, 0.717) is 30.4 Å². The summed E-state index contributed by atoms with van der Waals surface area (Å²) in [4.78, 5) is 67.1. The highest BCUT2D eigenvalue weighted by molar-refractivity contribution is 5.94. The summed E-state index contributed by atoms with van der Waals surface area (Å²) in [5.41, 5.74) is -1.35. The number of Topliss-reactive ketones (excluding diaryl/α,β-unsaturated/α-hetero) is 1. The number of ether oxygens (including phenoxy) is 3. The lowest BCUT2D eigenvalue weighted by Crippen LogP contribution is -2.63. The van der Waals surface area contributed by atoms with Crippen LogP contribution < -0.4 is 0 Å². The minimum atomic E-state index is -1.71. The Morgan fingerprint density at radius 3 is 2.58 bits per heavy atom. The van der Waals surface area contributed by atoms with Gasteiger partial charge in [-0.05, 0) is 61.6 Å². The Balaban J connectivity index is 1.38. The van der Waals surface area contributed by atoms with E-state index >= 15 is 0 Å². The molecule has 0 bridgehead atoms. The molecule has 5 rings (SSSR count). The Hall–Kier alpha value is -4.06. The first kappa shape index (κ1) is 32.3. The molecule has 1 aromatic rings. The summed E-state index contributed by atoms with van der Waals surface area (Å²) < 4.78 is 16.4. The number of esters is 1. The summed E-state index contributed by atoms with van der Waals surface area (Å²) in [6, 6.07) is 6.52. The molecule has 1 N–H and O–H groups in total. The number of fused-ring (bicyclic) bond motifs is 5. The molecule has 12 nitrogen and oxygen atoms in total. The predicted molar refractivity (Wildman–Crippen MR) is 157 cm³/mol. The molecule has 0 radical (unpaired) electrons. The molecule has 0 heterocycles. The number of nitrogens with zero attached hydrogens (tertiary/aromatic N) is 1. The van der Waals surface area contributed by atoms with Crippen molar-refractivity contribution in [2.75, 3.05) is 13.2 Å². The van der Waals surface area contributed by atoms with Gasteiger partial charge in [-0.1, -0.05) is 55.8 Å². The van der Waals surface area contributed by atoms with Crippen LogP contribution in [-0.2, 0) is 46.5 Å². The van der Waals surface area contributed by atoms with Gasteiger partial charge in [0, 0.05) is 23.2 Å². The second-order valence-corrected chi connectivity index (χ2v) is 12.9. The maximum Gasteiger partial charge on any atom is 0.509 e. The Morgan fingerprint density at radius 2 is 1.87 bits per heavy atom. The maximum absolute atomic E-state index is 14.1. The average Bonchev–Trinajstić information content (AvgIpc) is 3.27. The number of allylic oxidation sites excluding steroid dienone is 4. The topological polar surface area (TPSA) is 169 Å². The number of carbonyl (C=O) groups is 4. The summed E-state index contributed by atoms with van der Waals surface area (Å²) in [7, 11) is 0. The van der Waals surface area contributed by atoms with E-state index in [9.17, 15) is 34.4 Å². The Labute approximate surface area is 260 Å². The molecule has 0 amide bonds. The highest BCUT2D eigenvalue weighted by atomic mass is 16.9. The molecule has 0 spiro atoms. The Morgan fingerprint density at radius 1 is 1.13 bits per heavy atom. The van der Waals surface area contributed by atoms with Crippen LogP contribution >= 0.6 is 0 Å². The zero-order chi connectivity index (χ0) is 32.6. The van der Waals surface area contributed by atoms with Crippen LogP contribution in [-0.4, -0.2) is 58.8 Å². The molecule has 2 saturated carbocycles. The van der Waals surface area contributed by atoms with Gasteiger partial charge in [-0.3, -0.25) is 14.4 Å². The normalized spacial score (nSPS) is 33.2. The van der Waals surface area contributed by atoms with Gasteiger partial charge in [0.05, 0.1) is 19.1 Å². The average molecular weight is 626 g/mol. The molecule has 4 aliphatic carbocycles. The molecule has 0 aromatic heterocycles. The van der Waals surface area contributed by atoms with Gasteiger partial charge in [-0.15, -0.1) is 10.1 Å². The van der Waals surface area contributed by atoms with E-state index in [0.717, 1.165) is 5.57 Å². The molecule has 45 heavy (non-hydrogen) atoms. The van der Waals surface area contributed by atoms with Crippen molar-refractivity contribution in [1.82, 2.24) is 0 Å². The SMILES string of the molecule is CCOC(=O)O[C@]1(C(=O)COC(=O)Cc2ccccc2CO[N+](=O)[O-])CC[C@H]2[C@@H]3CC=C4CC(=O)C=C[C@]4(C)[C@H]3[C@@H](O)C[C@@]21C. The van der Waals surface area contributed by atoms with E-state index in [-0.39, 0.29) is 56.0 Å². The van der Waals surface area contributed by atoms with Crippen LogP contribution in [0.25, 0.3) is 0 Å². The summed E-state index contributed by atoms with van der Waals surface area (Å²) >= 11 is 0. The lowest BCUT2D eigenvalue weighted by atomic mass is 9.47. The predicted octanol–water partition coefficient (Wildman–Crippen LogP) is 4.24. The quantitative estimate of drug-likeness (QED) is 0.171. The van der Waals surface area contributed by atoms with Gasteiger partial charge in [0.25, 0.3) is 5.09 Å². The van der Waals surface area contributed by atoms with E-state index in [1.165, 1.54) is 0 Å². The van der Waals surface area contributed by atoms with Crippen molar-refractivity contribution in [3.05, 3.63) is 69.3 Å². The zero-order valence-corrected chi connectivity index (χ0v) is 25.7. The van der Waals surface area contributed by atoms with Gasteiger partial charge >= 0.3 is 12.1 Å². The van der Waals surface area contributed by atoms with E-state index in [4.69, 9.17) is 14.2 Å². The van der Waals surface area contributed by atoms with Crippen molar-refractivity contribution in [3.8, 4) is 0 Å². The number of rotatable bonds is 10. The zero-order valence-electron chi connectivity index (χ0n) is 25.7. The minimum Gasteiger partial charge on any atom is -0.457 e. The molecular weight excluding hydrogens is 586 g/mol. The van der Waals surface area contributed by atoms with Crippen molar-refractivity contribution in [3.63, 3.8) is 0 Å². The smallest absolute Gasteiger partial charge is 0.457 e. The number of hydrogen-bond donors (Lipinski definition) is 1. The highest BCUT2D eigenvalue weighted by Crippen LogP contribution is 2.67. The van der Waals surface area contributed by atoms with E-state index < -0.39 is 52.1 Å². The summed E-state index contributed by atoms with van der Waals surface area (Å²) in [6.45, 7) is 4.53. The van der Waals surface area contributed by atoms with Crippen LogP contribution in [0.5, 0.6) is 0 Å². The highest BCUT2D eigenvalue weighted by Gasteiger charge is 2.70. The largest absolute Gasteiger partial charge is 0.509 e. The van der Waals surface area contributed by atoms with Crippen LogP contribution in [0.3, 0.4) is 0 Å². The Kier molecular flexibility index (Phi) is 8.90. The number of hydrogen-bond acceptors (Lipinski definition) is 11. The molecule has 0 unspecified atom stereocenters. The second-order valence-electron chi connectivity index (χ2n) is 12.9. The first-order chi connectivity index (χ1) is 21.3. The lowest BCUT2D eigenvalue weighted by molar-refractivity contribution is -0.763. The molecule has 0 aliphatic heterocycles. The van der Waals surface area contributed by atoms with Crippen LogP contribution in [0.2, 0.25) is 0 Å². The van der Waals surface area contributed by atoms with Gasteiger partial charge in [-0.2, -0.15) is 0 Å². The lowest BCUT2D eigenvalue weighted by Gasteiger charge is -2.59.